The van der Waals surface area contributed by atoms with Gasteiger partial charge in [-0.25, -0.2) is 4.57 Å². The lowest BCUT2D eigenvalue weighted by Crippen LogP contribution is -2.29. The van der Waals surface area contributed by atoms with Crippen LogP contribution >= 0.6 is 7.82 Å². The lowest BCUT2D eigenvalue weighted by atomic mass is 10.0. The van der Waals surface area contributed by atoms with E-state index < -0.39 is 26.5 Å². The summed E-state index contributed by atoms with van der Waals surface area (Å²) >= 11 is 0. The zero-order valence-electron chi connectivity index (χ0n) is 42.5. The molecular weight excluding hydrogens is 834 g/mol. The van der Waals surface area contributed by atoms with Crippen LogP contribution in [0.25, 0.3) is 0 Å². The van der Waals surface area contributed by atoms with E-state index in [1.54, 1.807) is 0 Å². The second-order valence-corrected chi connectivity index (χ2v) is 19.9. The van der Waals surface area contributed by atoms with Gasteiger partial charge in [-0.15, -0.1) is 0 Å². The van der Waals surface area contributed by atoms with Gasteiger partial charge in [0.05, 0.1) is 13.2 Å². The first-order valence-corrected chi connectivity index (χ1v) is 29.0. The fraction of sp³-hybridized carbons (Fsp3) is 0.855. The molecule has 0 aliphatic rings. The Morgan fingerprint density at radius 1 is 0.462 bits per heavy atom. The largest absolute Gasteiger partial charge is 0.472 e. The highest BCUT2D eigenvalue weighted by Crippen LogP contribution is 2.43. The molecule has 0 radical (unpaired) electrons. The van der Waals surface area contributed by atoms with Gasteiger partial charge in [0.25, 0.3) is 0 Å². The summed E-state index contributed by atoms with van der Waals surface area (Å²) in [6.07, 6.45) is 60.8. The van der Waals surface area contributed by atoms with Crippen LogP contribution in [0.5, 0.6) is 0 Å². The molecule has 0 aliphatic heterocycles. The molecule has 65 heavy (non-hydrogen) atoms. The highest BCUT2D eigenvalue weighted by Gasteiger charge is 2.26. The number of phosphoric acid groups is 1. The maximum atomic E-state index is 12.6. The number of allylic oxidation sites excluding steroid dienone is 6. The van der Waals surface area contributed by atoms with Crippen molar-refractivity contribution in [1.82, 2.24) is 0 Å². The van der Waals surface area contributed by atoms with Crippen LogP contribution in [0, 0.1) is 0 Å². The van der Waals surface area contributed by atoms with E-state index in [1.807, 2.05) is 0 Å². The number of carbonyl (C=O) groups is 2. The summed E-state index contributed by atoms with van der Waals surface area (Å²) in [5.74, 6) is -0.835. The molecule has 0 amide bonds. The van der Waals surface area contributed by atoms with Crippen molar-refractivity contribution in [2.24, 2.45) is 5.73 Å². The monoisotopic (exact) mass is 938 g/mol. The highest BCUT2D eigenvalue weighted by molar-refractivity contribution is 7.47. The van der Waals surface area contributed by atoms with Crippen molar-refractivity contribution in [2.45, 2.75) is 277 Å². The van der Waals surface area contributed by atoms with Crippen LogP contribution in [0.2, 0.25) is 0 Å². The van der Waals surface area contributed by atoms with Crippen LogP contribution in [0.4, 0.5) is 0 Å². The molecule has 382 valence electrons. The van der Waals surface area contributed by atoms with E-state index in [1.165, 1.54) is 173 Å². The Bertz CT molecular complexity index is 1160. The number of hydrogen-bond donors (Lipinski definition) is 2. The van der Waals surface area contributed by atoms with E-state index in [0.29, 0.717) is 6.42 Å². The van der Waals surface area contributed by atoms with Crippen LogP contribution in [-0.4, -0.2) is 49.3 Å². The second-order valence-electron chi connectivity index (χ2n) is 18.4. The molecule has 0 aliphatic carbocycles. The van der Waals surface area contributed by atoms with Gasteiger partial charge in [-0.1, -0.05) is 230 Å². The maximum Gasteiger partial charge on any atom is 0.472 e. The van der Waals surface area contributed by atoms with E-state index in [4.69, 9.17) is 24.3 Å². The highest BCUT2D eigenvalue weighted by atomic mass is 31.2. The number of ether oxygens (including phenoxy) is 2. The van der Waals surface area contributed by atoms with Gasteiger partial charge in [0.15, 0.2) is 6.10 Å². The summed E-state index contributed by atoms with van der Waals surface area (Å²) in [6, 6.07) is 0. The molecule has 0 saturated carbocycles. The van der Waals surface area contributed by atoms with E-state index in [9.17, 15) is 19.0 Å². The fourth-order valence-electron chi connectivity index (χ4n) is 7.91. The van der Waals surface area contributed by atoms with Crippen LogP contribution in [0.1, 0.15) is 271 Å². The minimum Gasteiger partial charge on any atom is -0.462 e. The molecule has 0 saturated heterocycles. The van der Waals surface area contributed by atoms with Gasteiger partial charge in [-0.3, -0.25) is 18.6 Å². The van der Waals surface area contributed by atoms with Crippen LogP contribution in [0.3, 0.4) is 0 Å². The summed E-state index contributed by atoms with van der Waals surface area (Å²) in [5.41, 5.74) is 5.36. The smallest absolute Gasteiger partial charge is 0.462 e. The van der Waals surface area contributed by atoms with Crippen molar-refractivity contribution >= 4 is 19.8 Å². The van der Waals surface area contributed by atoms with Gasteiger partial charge in [0.2, 0.25) is 0 Å². The minimum absolute atomic E-state index is 0.0517. The number of rotatable bonds is 52. The Kier molecular flexibility index (Phi) is 50.2. The van der Waals surface area contributed by atoms with Gasteiger partial charge in [-0.05, 0) is 64.2 Å². The molecule has 3 N–H and O–H groups in total. The molecule has 0 aromatic carbocycles. The summed E-state index contributed by atoms with van der Waals surface area (Å²) in [5, 5.41) is 0. The third kappa shape index (κ3) is 51.5. The summed E-state index contributed by atoms with van der Waals surface area (Å²) in [7, 11) is -4.38. The number of esters is 2. The van der Waals surface area contributed by atoms with Crippen LogP contribution in [-0.2, 0) is 32.7 Å². The van der Waals surface area contributed by atoms with Gasteiger partial charge in [0.1, 0.15) is 6.61 Å². The molecule has 0 fully saturated rings. The van der Waals surface area contributed by atoms with E-state index in [-0.39, 0.29) is 38.6 Å². The zero-order valence-corrected chi connectivity index (χ0v) is 43.4. The molecule has 2 atom stereocenters. The SMILES string of the molecule is CCC/C=C\C/C=C\CCCCCCCC(=O)OC(COC(=O)CCCCCCCCCCCCCCCCCCCCC/C=C\CCCCCCCCCC)COP(=O)(O)OCCN. The van der Waals surface area contributed by atoms with Gasteiger partial charge in [0, 0.05) is 19.4 Å². The number of unbranched alkanes of at least 4 members (excludes halogenated alkanes) is 33. The molecule has 2 unspecified atom stereocenters. The van der Waals surface area contributed by atoms with Crippen molar-refractivity contribution < 1.29 is 37.6 Å². The standard InChI is InChI=1S/C55H104NO8P/c1-3-5-7-9-11-13-15-17-18-19-20-21-22-23-24-25-26-27-28-29-30-31-32-33-34-36-37-39-41-43-45-47-54(57)61-51-53(52-63-65(59,60)62-50-49-56)64-55(58)48-46-44-42-40-38-35-16-14-12-10-8-6-4-2/h8,10,14,16,19-20,53H,3-7,9,11-13,15,17-18,21-52,56H2,1-2H3,(H,59,60)/b10-8-,16-14-,20-19-. The second kappa shape index (κ2) is 51.6. The van der Waals surface area contributed by atoms with Gasteiger partial charge < -0.3 is 20.1 Å². The Morgan fingerprint density at radius 2 is 0.831 bits per heavy atom. The lowest BCUT2D eigenvalue weighted by molar-refractivity contribution is -0.161. The number of hydrogen-bond acceptors (Lipinski definition) is 8. The summed E-state index contributed by atoms with van der Waals surface area (Å²) < 4.78 is 32.9. The molecule has 0 aromatic rings. The Hall–Kier alpha value is -1.77. The third-order valence-electron chi connectivity index (χ3n) is 12.0. The molecule has 0 spiro atoms. The third-order valence-corrected chi connectivity index (χ3v) is 13.0. The molecule has 9 nitrogen and oxygen atoms in total. The molecule has 0 aromatic heterocycles. The van der Waals surface area contributed by atoms with Gasteiger partial charge >= 0.3 is 19.8 Å². The van der Waals surface area contributed by atoms with Crippen molar-refractivity contribution in [3.05, 3.63) is 36.5 Å². The van der Waals surface area contributed by atoms with Gasteiger partial charge in [-0.2, -0.15) is 0 Å². The number of carbonyl (C=O) groups excluding carboxylic acids is 2. The molecular formula is C55H104NO8P. The molecule has 0 bridgehead atoms. The summed E-state index contributed by atoms with van der Waals surface area (Å²) in [6.45, 7) is 3.68. The average Bonchev–Trinajstić information content (AvgIpc) is 3.30. The van der Waals surface area contributed by atoms with Crippen LogP contribution in [0.15, 0.2) is 36.5 Å². The van der Waals surface area contributed by atoms with Crippen molar-refractivity contribution in [1.29, 1.82) is 0 Å². The molecule has 0 rings (SSSR count). The topological polar surface area (TPSA) is 134 Å². The first kappa shape index (κ1) is 63.2. The van der Waals surface area contributed by atoms with Crippen molar-refractivity contribution in [3.63, 3.8) is 0 Å². The van der Waals surface area contributed by atoms with Crippen LogP contribution < -0.4 is 5.73 Å². The predicted octanol–water partition coefficient (Wildman–Crippen LogP) is 16.8. The quantitative estimate of drug-likeness (QED) is 0.0264. The first-order chi connectivity index (χ1) is 31.8. The van der Waals surface area contributed by atoms with E-state index in [2.05, 4.69) is 50.3 Å². The molecule has 10 heteroatoms. The Balaban J connectivity index is 3.84. The normalized spacial score (nSPS) is 13.4. The zero-order chi connectivity index (χ0) is 47.4. The predicted molar refractivity (Wildman–Crippen MR) is 275 cm³/mol. The fourth-order valence-corrected chi connectivity index (χ4v) is 8.67. The van der Waals surface area contributed by atoms with Crippen molar-refractivity contribution in [2.75, 3.05) is 26.4 Å². The van der Waals surface area contributed by atoms with E-state index in [0.717, 1.165) is 64.2 Å². The summed E-state index contributed by atoms with van der Waals surface area (Å²) in [4.78, 5) is 35.0. The minimum atomic E-state index is -4.38. The first-order valence-electron chi connectivity index (χ1n) is 27.5. The van der Waals surface area contributed by atoms with Crippen molar-refractivity contribution in [3.8, 4) is 0 Å². The van der Waals surface area contributed by atoms with E-state index >= 15 is 0 Å². The number of nitrogens with two attached hydrogens (primary N) is 1. The lowest BCUT2D eigenvalue weighted by Gasteiger charge is -2.19. The average molecular weight is 938 g/mol. The Labute approximate surface area is 401 Å². The maximum absolute atomic E-state index is 12.6. The number of phosphoric ester groups is 1. The Morgan fingerprint density at radius 3 is 1.25 bits per heavy atom. The molecule has 0 heterocycles.